The molecule has 1 aromatic carbocycles. The van der Waals surface area contributed by atoms with Crippen molar-refractivity contribution in [2.45, 2.75) is 51.0 Å². The van der Waals surface area contributed by atoms with Gasteiger partial charge >= 0.3 is 0 Å². The standard InChI is InChI=1S/C19H28N4O.HI/c24-18(21-17-11-12-17)10-7-13-20-19(23-14-5-2-6-15-23)22-16-8-3-1-4-9-16;/h1,3-4,8-9,17H,2,5-7,10-15H2,(H,20,22)(H,21,24);1H. The molecule has 1 saturated heterocycles. The van der Waals surface area contributed by atoms with E-state index in [1.54, 1.807) is 0 Å². The van der Waals surface area contributed by atoms with E-state index in [2.05, 4.69) is 27.7 Å². The minimum Gasteiger partial charge on any atom is -0.353 e. The van der Waals surface area contributed by atoms with E-state index in [-0.39, 0.29) is 29.9 Å². The van der Waals surface area contributed by atoms with Gasteiger partial charge in [0, 0.05) is 37.8 Å². The van der Waals surface area contributed by atoms with E-state index in [4.69, 9.17) is 4.99 Å². The number of carbonyl (C=O) groups excluding carboxylic acids is 1. The zero-order chi connectivity index (χ0) is 16.6. The predicted octanol–water partition coefficient (Wildman–Crippen LogP) is 3.62. The largest absolute Gasteiger partial charge is 0.353 e. The number of carbonyl (C=O) groups is 1. The van der Waals surface area contributed by atoms with Crippen molar-refractivity contribution in [2.24, 2.45) is 4.99 Å². The van der Waals surface area contributed by atoms with Gasteiger partial charge in [0.05, 0.1) is 0 Å². The molecule has 3 rings (SSSR count). The number of aliphatic imine (C=N–C) groups is 1. The molecule has 1 aliphatic carbocycles. The number of hydrogen-bond acceptors (Lipinski definition) is 2. The highest BCUT2D eigenvalue weighted by Gasteiger charge is 2.22. The maximum absolute atomic E-state index is 11.7. The number of benzene rings is 1. The van der Waals surface area contributed by atoms with Crippen molar-refractivity contribution in [1.82, 2.24) is 10.2 Å². The number of nitrogens with zero attached hydrogens (tertiary/aromatic N) is 2. The van der Waals surface area contributed by atoms with Crippen molar-refractivity contribution < 1.29 is 4.79 Å². The van der Waals surface area contributed by atoms with Gasteiger partial charge in [0.2, 0.25) is 5.91 Å². The van der Waals surface area contributed by atoms with Crippen LogP contribution in [-0.4, -0.2) is 42.4 Å². The first kappa shape index (κ1) is 20.0. The van der Waals surface area contributed by atoms with Crippen LogP contribution >= 0.6 is 24.0 Å². The Kier molecular flexibility index (Phi) is 8.51. The topological polar surface area (TPSA) is 56.7 Å². The average molecular weight is 456 g/mol. The second-order valence-corrected chi connectivity index (χ2v) is 6.69. The van der Waals surface area contributed by atoms with Gasteiger partial charge in [-0.15, -0.1) is 24.0 Å². The molecule has 1 saturated carbocycles. The molecule has 1 aliphatic heterocycles. The first-order valence-electron chi connectivity index (χ1n) is 9.22. The third-order valence-electron chi connectivity index (χ3n) is 4.45. The van der Waals surface area contributed by atoms with Crippen LogP contribution in [0.3, 0.4) is 0 Å². The molecule has 1 amide bonds. The Balaban J connectivity index is 0.00000225. The molecule has 0 spiro atoms. The summed E-state index contributed by atoms with van der Waals surface area (Å²) in [5.41, 5.74) is 1.06. The number of anilines is 1. The number of amides is 1. The zero-order valence-electron chi connectivity index (χ0n) is 14.7. The van der Waals surface area contributed by atoms with Gasteiger partial charge in [-0.25, -0.2) is 0 Å². The van der Waals surface area contributed by atoms with Crippen molar-refractivity contribution in [3.8, 4) is 0 Å². The maximum atomic E-state index is 11.7. The molecule has 2 aliphatic rings. The van der Waals surface area contributed by atoms with E-state index in [0.29, 0.717) is 19.0 Å². The summed E-state index contributed by atoms with van der Waals surface area (Å²) >= 11 is 0. The van der Waals surface area contributed by atoms with Gasteiger partial charge in [0.1, 0.15) is 0 Å². The number of para-hydroxylation sites is 1. The molecule has 0 unspecified atom stereocenters. The molecular weight excluding hydrogens is 427 g/mol. The summed E-state index contributed by atoms with van der Waals surface area (Å²) in [5.74, 6) is 1.12. The second-order valence-electron chi connectivity index (χ2n) is 6.69. The third kappa shape index (κ3) is 7.22. The number of hydrogen-bond donors (Lipinski definition) is 2. The summed E-state index contributed by atoms with van der Waals surface area (Å²) in [6.07, 6.45) is 7.40. The summed E-state index contributed by atoms with van der Waals surface area (Å²) in [6.45, 7) is 2.80. The molecule has 2 fully saturated rings. The van der Waals surface area contributed by atoms with E-state index >= 15 is 0 Å². The van der Waals surface area contributed by atoms with Crippen LogP contribution in [0.5, 0.6) is 0 Å². The number of nitrogens with one attached hydrogen (secondary N) is 2. The third-order valence-corrected chi connectivity index (χ3v) is 4.45. The lowest BCUT2D eigenvalue weighted by molar-refractivity contribution is -0.121. The summed E-state index contributed by atoms with van der Waals surface area (Å²) in [4.78, 5) is 18.8. The van der Waals surface area contributed by atoms with Crippen LogP contribution in [0.25, 0.3) is 0 Å². The number of rotatable bonds is 6. The molecule has 0 bridgehead atoms. The van der Waals surface area contributed by atoms with Gasteiger partial charge < -0.3 is 15.5 Å². The predicted molar refractivity (Wildman–Crippen MR) is 114 cm³/mol. The average Bonchev–Trinajstić information content (AvgIpc) is 3.43. The lowest BCUT2D eigenvalue weighted by Gasteiger charge is -2.30. The van der Waals surface area contributed by atoms with E-state index in [0.717, 1.165) is 44.0 Å². The van der Waals surface area contributed by atoms with Gasteiger partial charge in [0.25, 0.3) is 0 Å². The monoisotopic (exact) mass is 456 g/mol. The minimum absolute atomic E-state index is 0. The Labute approximate surface area is 167 Å². The highest BCUT2D eigenvalue weighted by Crippen LogP contribution is 2.18. The quantitative estimate of drug-likeness (QED) is 0.298. The van der Waals surface area contributed by atoms with Crippen LogP contribution in [0.15, 0.2) is 35.3 Å². The molecule has 0 aromatic heterocycles. The molecule has 138 valence electrons. The fraction of sp³-hybridized carbons (Fsp3) is 0.579. The highest BCUT2D eigenvalue weighted by atomic mass is 127. The molecule has 5 nitrogen and oxygen atoms in total. The molecule has 0 radical (unpaired) electrons. The van der Waals surface area contributed by atoms with Gasteiger partial charge in [-0.1, -0.05) is 18.2 Å². The lowest BCUT2D eigenvalue weighted by atomic mass is 10.1. The normalized spacial score (nSPS) is 17.6. The first-order chi connectivity index (χ1) is 11.8. The molecule has 1 heterocycles. The highest BCUT2D eigenvalue weighted by molar-refractivity contribution is 14.0. The van der Waals surface area contributed by atoms with Gasteiger partial charge in [-0.2, -0.15) is 0 Å². The molecular formula is C19H29IN4O. The SMILES string of the molecule is I.O=C(CCCN=C(Nc1ccccc1)N1CCCCC1)NC1CC1. The smallest absolute Gasteiger partial charge is 0.220 e. The number of piperidine rings is 1. The van der Waals surface area contributed by atoms with E-state index < -0.39 is 0 Å². The summed E-state index contributed by atoms with van der Waals surface area (Å²) in [7, 11) is 0. The maximum Gasteiger partial charge on any atom is 0.220 e. The summed E-state index contributed by atoms with van der Waals surface area (Å²) < 4.78 is 0. The van der Waals surface area contributed by atoms with Crippen LogP contribution in [0.1, 0.15) is 44.9 Å². The number of likely N-dealkylation sites (tertiary alicyclic amines) is 1. The zero-order valence-corrected chi connectivity index (χ0v) is 17.1. The molecule has 1 aromatic rings. The number of guanidine groups is 1. The Hall–Kier alpha value is -1.31. The van der Waals surface area contributed by atoms with Crippen LogP contribution in [0.2, 0.25) is 0 Å². The van der Waals surface area contributed by atoms with Crippen LogP contribution < -0.4 is 10.6 Å². The molecule has 0 atom stereocenters. The first-order valence-corrected chi connectivity index (χ1v) is 9.22. The summed E-state index contributed by atoms with van der Waals surface area (Å²) in [6, 6.07) is 10.6. The lowest BCUT2D eigenvalue weighted by Crippen LogP contribution is -2.40. The second kappa shape index (κ2) is 10.6. The minimum atomic E-state index is 0. The number of halogens is 1. The van der Waals surface area contributed by atoms with Crippen molar-refractivity contribution >= 4 is 41.5 Å². The van der Waals surface area contributed by atoms with Crippen molar-refractivity contribution in [1.29, 1.82) is 0 Å². The summed E-state index contributed by atoms with van der Waals surface area (Å²) in [5, 5.41) is 6.49. The van der Waals surface area contributed by atoms with Crippen LogP contribution in [-0.2, 0) is 4.79 Å². The fourth-order valence-electron chi connectivity index (χ4n) is 2.93. The van der Waals surface area contributed by atoms with E-state index in [9.17, 15) is 4.79 Å². The Bertz CT molecular complexity index is 554. The van der Waals surface area contributed by atoms with Gasteiger partial charge in [-0.05, 0) is 50.7 Å². The molecule has 25 heavy (non-hydrogen) atoms. The Morgan fingerprint density at radius 3 is 2.52 bits per heavy atom. The van der Waals surface area contributed by atoms with E-state index in [1.807, 2.05) is 18.2 Å². The van der Waals surface area contributed by atoms with Crippen molar-refractivity contribution in [3.63, 3.8) is 0 Å². The van der Waals surface area contributed by atoms with Gasteiger partial charge in [0.15, 0.2) is 5.96 Å². The molecule has 2 N–H and O–H groups in total. The Morgan fingerprint density at radius 2 is 1.84 bits per heavy atom. The van der Waals surface area contributed by atoms with Crippen molar-refractivity contribution in [3.05, 3.63) is 30.3 Å². The fourth-order valence-corrected chi connectivity index (χ4v) is 2.93. The van der Waals surface area contributed by atoms with Gasteiger partial charge in [-0.3, -0.25) is 9.79 Å². The van der Waals surface area contributed by atoms with E-state index in [1.165, 1.54) is 19.3 Å². The van der Waals surface area contributed by atoms with Crippen LogP contribution in [0, 0.1) is 0 Å². The Morgan fingerprint density at radius 1 is 1.12 bits per heavy atom. The molecule has 6 heteroatoms. The van der Waals surface area contributed by atoms with Crippen LogP contribution in [0.4, 0.5) is 5.69 Å². The van der Waals surface area contributed by atoms with Crippen molar-refractivity contribution in [2.75, 3.05) is 25.0 Å².